The Morgan fingerprint density at radius 2 is 1.74 bits per heavy atom. The number of likely N-dealkylation sites (tertiary alicyclic amines) is 1. The molecule has 6 nitrogen and oxygen atoms in total. The maximum atomic E-state index is 12.9. The topological polar surface area (TPSA) is 86.7 Å². The number of benzene rings is 2. The predicted octanol–water partition coefficient (Wildman–Crippen LogP) is 3.39. The van der Waals surface area contributed by atoms with Gasteiger partial charge in [0.15, 0.2) is 0 Å². The van der Waals surface area contributed by atoms with Crippen molar-refractivity contribution in [3.05, 3.63) is 64.7 Å². The van der Waals surface area contributed by atoms with Gasteiger partial charge in [0.2, 0.25) is 0 Å². The van der Waals surface area contributed by atoms with E-state index in [1.807, 2.05) is 6.92 Å². The standard InChI is InChI=1S/C20H19ClN2O4/c1-12-10-23(11-16(12)20(26)27)19(25)15-4-2-3-5-17(15)22-18(24)13-6-8-14(21)9-7-13/h2-9,12,16H,10-11H2,1H3,(H,22,24)(H,26,27)/t12-,16-/m1/s1. The molecule has 3 rings (SSSR count). The van der Waals surface area contributed by atoms with Crippen molar-refractivity contribution in [3.8, 4) is 0 Å². The summed E-state index contributed by atoms with van der Waals surface area (Å²) in [7, 11) is 0. The Bertz CT molecular complexity index is 882. The third kappa shape index (κ3) is 4.11. The zero-order valence-corrected chi connectivity index (χ0v) is 15.4. The van der Waals surface area contributed by atoms with Crippen LogP contribution >= 0.6 is 11.6 Å². The van der Waals surface area contributed by atoms with Crippen LogP contribution in [0.5, 0.6) is 0 Å². The van der Waals surface area contributed by atoms with E-state index in [2.05, 4.69) is 5.32 Å². The second-order valence-electron chi connectivity index (χ2n) is 6.64. The summed E-state index contributed by atoms with van der Waals surface area (Å²) in [5.41, 5.74) is 1.13. The van der Waals surface area contributed by atoms with Gasteiger partial charge in [-0.15, -0.1) is 0 Å². The zero-order valence-electron chi connectivity index (χ0n) is 14.7. The van der Waals surface area contributed by atoms with Crippen molar-refractivity contribution in [2.24, 2.45) is 11.8 Å². The van der Waals surface area contributed by atoms with Crippen molar-refractivity contribution in [1.29, 1.82) is 0 Å². The SMILES string of the molecule is C[C@@H]1CN(C(=O)c2ccccc2NC(=O)c2ccc(Cl)cc2)C[C@H]1C(=O)O. The highest BCUT2D eigenvalue weighted by Gasteiger charge is 2.37. The number of carbonyl (C=O) groups excluding carboxylic acids is 2. The van der Waals surface area contributed by atoms with Crippen LogP contribution in [-0.2, 0) is 4.79 Å². The highest BCUT2D eigenvalue weighted by Crippen LogP contribution is 2.27. The van der Waals surface area contributed by atoms with Crippen LogP contribution in [0.4, 0.5) is 5.69 Å². The zero-order chi connectivity index (χ0) is 19.6. The molecule has 140 valence electrons. The van der Waals surface area contributed by atoms with E-state index in [1.54, 1.807) is 48.5 Å². The molecule has 2 atom stereocenters. The van der Waals surface area contributed by atoms with E-state index >= 15 is 0 Å². The lowest BCUT2D eigenvalue weighted by atomic mass is 9.99. The lowest BCUT2D eigenvalue weighted by molar-refractivity contribution is -0.142. The first-order valence-electron chi connectivity index (χ1n) is 8.55. The molecule has 2 N–H and O–H groups in total. The Morgan fingerprint density at radius 3 is 2.37 bits per heavy atom. The maximum absolute atomic E-state index is 12.9. The quantitative estimate of drug-likeness (QED) is 0.843. The van der Waals surface area contributed by atoms with Gasteiger partial charge in [0, 0.05) is 23.7 Å². The molecule has 1 aliphatic rings. The molecule has 0 radical (unpaired) electrons. The number of carboxylic acids is 1. The minimum atomic E-state index is -0.901. The van der Waals surface area contributed by atoms with Crippen molar-refractivity contribution in [2.75, 3.05) is 18.4 Å². The summed E-state index contributed by atoms with van der Waals surface area (Å²) in [5, 5.41) is 12.5. The summed E-state index contributed by atoms with van der Waals surface area (Å²) in [6.07, 6.45) is 0. The van der Waals surface area contributed by atoms with Gasteiger partial charge in [-0.3, -0.25) is 14.4 Å². The van der Waals surface area contributed by atoms with E-state index in [0.717, 1.165) is 0 Å². The number of rotatable bonds is 4. The molecule has 1 saturated heterocycles. The van der Waals surface area contributed by atoms with E-state index in [4.69, 9.17) is 11.6 Å². The summed E-state index contributed by atoms with van der Waals surface area (Å²) < 4.78 is 0. The van der Waals surface area contributed by atoms with Crippen molar-refractivity contribution in [2.45, 2.75) is 6.92 Å². The van der Waals surface area contributed by atoms with Crippen LogP contribution in [0.1, 0.15) is 27.6 Å². The molecular weight excluding hydrogens is 368 g/mol. The fourth-order valence-electron chi connectivity index (χ4n) is 3.20. The summed E-state index contributed by atoms with van der Waals surface area (Å²) >= 11 is 5.84. The highest BCUT2D eigenvalue weighted by atomic mass is 35.5. The number of aliphatic carboxylic acids is 1. The minimum Gasteiger partial charge on any atom is -0.481 e. The van der Waals surface area contributed by atoms with Gasteiger partial charge in [0.05, 0.1) is 17.2 Å². The Hall–Kier alpha value is -2.86. The van der Waals surface area contributed by atoms with Crippen molar-refractivity contribution in [1.82, 2.24) is 4.90 Å². The highest BCUT2D eigenvalue weighted by molar-refractivity contribution is 6.30. The molecule has 0 bridgehead atoms. The van der Waals surface area contributed by atoms with Gasteiger partial charge in [-0.2, -0.15) is 0 Å². The van der Waals surface area contributed by atoms with Crippen molar-refractivity contribution < 1.29 is 19.5 Å². The third-order valence-corrected chi connectivity index (χ3v) is 4.98. The maximum Gasteiger partial charge on any atom is 0.308 e. The van der Waals surface area contributed by atoms with Crippen LogP contribution in [-0.4, -0.2) is 40.9 Å². The molecule has 1 fully saturated rings. The Kier molecular flexibility index (Phi) is 5.46. The lowest BCUT2D eigenvalue weighted by Crippen LogP contribution is -2.30. The molecule has 0 aromatic heterocycles. The average Bonchev–Trinajstić information content (AvgIpc) is 3.04. The minimum absolute atomic E-state index is 0.123. The molecular formula is C20H19ClN2O4. The van der Waals surface area contributed by atoms with Gasteiger partial charge in [0.1, 0.15) is 0 Å². The largest absolute Gasteiger partial charge is 0.481 e. The van der Waals surface area contributed by atoms with Gasteiger partial charge >= 0.3 is 5.97 Å². The molecule has 0 saturated carbocycles. The molecule has 0 unspecified atom stereocenters. The monoisotopic (exact) mass is 386 g/mol. The fraction of sp³-hybridized carbons (Fsp3) is 0.250. The molecule has 2 aromatic rings. The Balaban J connectivity index is 1.80. The number of nitrogens with one attached hydrogen (secondary N) is 1. The van der Waals surface area contributed by atoms with Crippen LogP contribution in [0.2, 0.25) is 5.02 Å². The summed E-state index contributed by atoms with van der Waals surface area (Å²) in [4.78, 5) is 38.2. The smallest absolute Gasteiger partial charge is 0.308 e. The number of hydrogen-bond acceptors (Lipinski definition) is 3. The number of carboxylic acid groups (broad SMARTS) is 1. The average molecular weight is 387 g/mol. The normalized spacial score (nSPS) is 19.0. The molecule has 7 heteroatoms. The number of hydrogen-bond donors (Lipinski definition) is 2. The van der Waals surface area contributed by atoms with E-state index in [0.29, 0.717) is 28.4 Å². The Morgan fingerprint density at radius 1 is 1.07 bits per heavy atom. The number of nitrogens with zero attached hydrogens (tertiary/aromatic N) is 1. The summed E-state index contributed by atoms with van der Waals surface area (Å²) in [6.45, 7) is 2.35. The molecule has 1 heterocycles. The first-order chi connectivity index (χ1) is 12.9. The number of halogens is 1. The van der Waals surface area contributed by atoms with Crippen LogP contribution < -0.4 is 5.32 Å². The van der Waals surface area contributed by atoms with Crippen LogP contribution in [0.3, 0.4) is 0 Å². The lowest BCUT2D eigenvalue weighted by Gasteiger charge is -2.18. The first kappa shape index (κ1) is 18.9. The Labute approximate surface area is 161 Å². The van der Waals surface area contributed by atoms with E-state index in [1.165, 1.54) is 4.90 Å². The number of anilines is 1. The first-order valence-corrected chi connectivity index (χ1v) is 8.92. The molecule has 1 aliphatic heterocycles. The third-order valence-electron chi connectivity index (χ3n) is 4.73. The van der Waals surface area contributed by atoms with Gasteiger partial charge < -0.3 is 15.3 Å². The molecule has 2 aromatic carbocycles. The number of carbonyl (C=O) groups is 3. The van der Waals surface area contributed by atoms with E-state index in [-0.39, 0.29) is 24.3 Å². The second-order valence-corrected chi connectivity index (χ2v) is 7.08. The van der Waals surface area contributed by atoms with Gasteiger partial charge in [-0.1, -0.05) is 30.7 Å². The van der Waals surface area contributed by atoms with E-state index < -0.39 is 11.9 Å². The summed E-state index contributed by atoms with van der Waals surface area (Å²) in [6, 6.07) is 13.1. The fourth-order valence-corrected chi connectivity index (χ4v) is 3.32. The second kappa shape index (κ2) is 7.80. The predicted molar refractivity (Wildman–Crippen MR) is 102 cm³/mol. The van der Waals surface area contributed by atoms with Crippen LogP contribution in [0.25, 0.3) is 0 Å². The van der Waals surface area contributed by atoms with Gasteiger partial charge in [-0.25, -0.2) is 0 Å². The molecule has 2 amide bonds. The molecule has 0 spiro atoms. The van der Waals surface area contributed by atoms with Crippen LogP contribution in [0.15, 0.2) is 48.5 Å². The van der Waals surface area contributed by atoms with Crippen molar-refractivity contribution >= 4 is 35.1 Å². The van der Waals surface area contributed by atoms with Crippen molar-refractivity contribution in [3.63, 3.8) is 0 Å². The molecule has 27 heavy (non-hydrogen) atoms. The van der Waals surface area contributed by atoms with Gasteiger partial charge in [0.25, 0.3) is 11.8 Å². The number of para-hydroxylation sites is 1. The van der Waals surface area contributed by atoms with Crippen LogP contribution in [0, 0.1) is 11.8 Å². The number of amides is 2. The van der Waals surface area contributed by atoms with E-state index in [9.17, 15) is 19.5 Å². The van der Waals surface area contributed by atoms with Gasteiger partial charge in [-0.05, 0) is 42.3 Å². The molecule has 0 aliphatic carbocycles. The summed E-state index contributed by atoms with van der Waals surface area (Å²) in [5.74, 6) is -2.25.